The summed E-state index contributed by atoms with van der Waals surface area (Å²) in [5, 5.41) is 0.00410. The molecule has 18 heavy (non-hydrogen) atoms. The van der Waals surface area contributed by atoms with Crippen LogP contribution in [0, 0.1) is 0 Å². The van der Waals surface area contributed by atoms with Gasteiger partial charge in [0.25, 0.3) is 0 Å². The highest BCUT2D eigenvalue weighted by Crippen LogP contribution is 2.52. The zero-order chi connectivity index (χ0) is 15.0. The Balaban J connectivity index is 5.49. The van der Waals surface area contributed by atoms with Crippen LogP contribution >= 0.6 is 0 Å². The summed E-state index contributed by atoms with van der Waals surface area (Å²) >= 11 is 0. The number of halogens is 9. The van der Waals surface area contributed by atoms with Crippen molar-refractivity contribution in [2.24, 2.45) is 0 Å². The van der Waals surface area contributed by atoms with Gasteiger partial charge in [-0.1, -0.05) is 6.58 Å². The van der Waals surface area contributed by atoms with Crippen molar-refractivity contribution >= 4 is 5.91 Å². The number of rotatable bonds is 4. The number of hydrogen-bond acceptors (Lipinski definition) is 1. The van der Waals surface area contributed by atoms with Crippen LogP contribution in [0.5, 0.6) is 0 Å². The van der Waals surface area contributed by atoms with Gasteiger partial charge in [0.1, 0.15) is 0 Å². The zero-order valence-electron chi connectivity index (χ0n) is 8.09. The maximum Gasteiger partial charge on any atom is 0.460 e. The summed E-state index contributed by atoms with van der Waals surface area (Å²) in [6.45, 7) is 2.54. The summed E-state index contributed by atoms with van der Waals surface area (Å²) in [7, 11) is 0. The van der Waals surface area contributed by atoms with Crippen LogP contribution in [0.4, 0.5) is 39.5 Å². The van der Waals surface area contributed by atoms with Gasteiger partial charge in [-0.2, -0.15) is 39.5 Å². The number of hydrogen-bond donors (Lipinski definition) is 1. The van der Waals surface area contributed by atoms with Gasteiger partial charge in [-0.3, -0.25) is 10.1 Å². The first kappa shape index (κ1) is 16.6. The molecule has 0 aliphatic rings. The van der Waals surface area contributed by atoms with E-state index in [0.717, 1.165) is 0 Å². The van der Waals surface area contributed by atoms with Crippen molar-refractivity contribution in [1.82, 2.24) is 5.32 Å². The SMILES string of the molecule is C=CC(=O)NC(F)(F)C(F)(F)C(F)(F)C(F)(F)F. The fraction of sp³-hybridized carbons (Fsp3) is 0.571. The van der Waals surface area contributed by atoms with Crippen molar-refractivity contribution in [1.29, 1.82) is 0 Å². The molecule has 0 aliphatic carbocycles. The highest BCUT2D eigenvalue weighted by atomic mass is 19.4. The quantitative estimate of drug-likeness (QED) is 0.481. The average Bonchev–Trinajstić information content (AvgIpc) is 2.14. The monoisotopic (exact) mass is 289 g/mol. The van der Waals surface area contributed by atoms with Crippen LogP contribution in [0.25, 0.3) is 0 Å². The van der Waals surface area contributed by atoms with Gasteiger partial charge < -0.3 is 0 Å². The number of nitrogens with one attached hydrogen (secondary N) is 1. The summed E-state index contributed by atoms with van der Waals surface area (Å²) in [4.78, 5) is 10.3. The molecule has 1 N–H and O–H groups in total. The molecule has 0 bridgehead atoms. The third-order valence-corrected chi connectivity index (χ3v) is 1.61. The van der Waals surface area contributed by atoms with Crippen LogP contribution in [-0.2, 0) is 4.79 Å². The van der Waals surface area contributed by atoms with Gasteiger partial charge in [0, 0.05) is 0 Å². The van der Waals surface area contributed by atoms with Crippen LogP contribution in [0.1, 0.15) is 0 Å². The van der Waals surface area contributed by atoms with Crippen molar-refractivity contribution in [2.45, 2.75) is 24.1 Å². The molecule has 2 nitrogen and oxygen atoms in total. The van der Waals surface area contributed by atoms with E-state index in [1.54, 1.807) is 0 Å². The van der Waals surface area contributed by atoms with Gasteiger partial charge in [0.05, 0.1) is 0 Å². The van der Waals surface area contributed by atoms with E-state index in [1.165, 1.54) is 0 Å². The lowest BCUT2D eigenvalue weighted by Crippen LogP contribution is -2.66. The first-order valence-electron chi connectivity index (χ1n) is 3.85. The Hall–Kier alpha value is -1.42. The Kier molecular flexibility index (Phi) is 4.01. The van der Waals surface area contributed by atoms with E-state index < -0.39 is 30.0 Å². The topological polar surface area (TPSA) is 29.1 Å². The highest BCUT2D eigenvalue weighted by molar-refractivity contribution is 5.87. The van der Waals surface area contributed by atoms with Crippen LogP contribution in [0.3, 0.4) is 0 Å². The fourth-order valence-electron chi connectivity index (χ4n) is 0.659. The second-order valence-electron chi connectivity index (χ2n) is 2.91. The van der Waals surface area contributed by atoms with E-state index >= 15 is 0 Å². The second-order valence-corrected chi connectivity index (χ2v) is 2.91. The molecule has 0 fully saturated rings. The maximum absolute atomic E-state index is 12.6. The maximum atomic E-state index is 12.6. The summed E-state index contributed by atoms with van der Waals surface area (Å²) in [6.07, 6.45) is -6.92. The molecule has 0 heterocycles. The molecule has 0 saturated heterocycles. The van der Waals surface area contributed by atoms with E-state index in [2.05, 4.69) is 6.58 Å². The van der Waals surface area contributed by atoms with Crippen LogP contribution in [0.15, 0.2) is 12.7 Å². The number of alkyl halides is 9. The Morgan fingerprint density at radius 2 is 1.28 bits per heavy atom. The summed E-state index contributed by atoms with van der Waals surface area (Å²) in [6, 6.07) is -6.11. The summed E-state index contributed by atoms with van der Waals surface area (Å²) in [5.41, 5.74) is 0. The van der Waals surface area contributed by atoms with Crippen molar-refractivity contribution < 1.29 is 44.3 Å². The Labute approximate surface area is 93.4 Å². The molecule has 0 rings (SSSR count). The lowest BCUT2D eigenvalue weighted by atomic mass is 10.1. The molecule has 0 aromatic carbocycles. The Morgan fingerprint density at radius 1 is 0.889 bits per heavy atom. The molecule has 106 valence electrons. The molecule has 0 aliphatic heterocycles. The Bertz CT molecular complexity index is 345. The first-order valence-corrected chi connectivity index (χ1v) is 3.85. The van der Waals surface area contributed by atoms with E-state index in [0.29, 0.717) is 0 Å². The smallest absolute Gasteiger partial charge is 0.288 e. The standard InChI is InChI=1S/C7H4F9NO/c1-2-3(18)17-7(15,16)5(10,11)4(8,9)6(12,13)14/h2H,1H2,(H,17,18). The number of carbonyl (C=O) groups is 1. The van der Waals surface area contributed by atoms with Crippen molar-refractivity contribution in [3.8, 4) is 0 Å². The molecule has 0 unspecified atom stereocenters. The van der Waals surface area contributed by atoms with E-state index in [1.807, 2.05) is 0 Å². The molecule has 11 heteroatoms. The summed E-state index contributed by atoms with van der Waals surface area (Å²) in [5.74, 6) is -15.9. The third-order valence-electron chi connectivity index (χ3n) is 1.61. The van der Waals surface area contributed by atoms with Crippen LogP contribution < -0.4 is 5.32 Å². The minimum atomic E-state index is -7.03. The normalized spacial score (nSPS) is 14.3. The highest BCUT2D eigenvalue weighted by Gasteiger charge is 2.82. The number of amides is 1. The molecular formula is C7H4F9NO. The first-order chi connectivity index (χ1) is 7.70. The Morgan fingerprint density at radius 3 is 1.56 bits per heavy atom. The van der Waals surface area contributed by atoms with Gasteiger partial charge in [-0.25, -0.2) is 0 Å². The predicted octanol–water partition coefficient (Wildman–Crippen LogP) is 2.71. The zero-order valence-corrected chi connectivity index (χ0v) is 8.09. The second kappa shape index (κ2) is 4.35. The largest absolute Gasteiger partial charge is 0.460 e. The minimum Gasteiger partial charge on any atom is -0.288 e. The molecule has 1 amide bonds. The van der Waals surface area contributed by atoms with Gasteiger partial charge in [0.15, 0.2) is 0 Å². The van der Waals surface area contributed by atoms with Crippen LogP contribution in [0.2, 0.25) is 0 Å². The minimum absolute atomic E-state index is 0.00410. The number of carbonyl (C=O) groups excluding carboxylic acids is 1. The molecule has 0 aromatic heterocycles. The van der Waals surface area contributed by atoms with E-state index in [9.17, 15) is 44.3 Å². The lowest BCUT2D eigenvalue weighted by molar-refractivity contribution is -0.399. The molecule has 0 aromatic rings. The van der Waals surface area contributed by atoms with Gasteiger partial charge in [0.2, 0.25) is 5.91 Å². The molecular weight excluding hydrogens is 285 g/mol. The molecule has 0 saturated carbocycles. The van der Waals surface area contributed by atoms with Crippen molar-refractivity contribution in [3.63, 3.8) is 0 Å². The van der Waals surface area contributed by atoms with Gasteiger partial charge in [-0.05, 0) is 6.08 Å². The third kappa shape index (κ3) is 2.53. The van der Waals surface area contributed by atoms with E-state index in [4.69, 9.17) is 0 Å². The van der Waals surface area contributed by atoms with Gasteiger partial charge >= 0.3 is 24.1 Å². The fourth-order valence-corrected chi connectivity index (χ4v) is 0.659. The van der Waals surface area contributed by atoms with Crippen molar-refractivity contribution in [3.05, 3.63) is 12.7 Å². The molecule has 0 radical (unpaired) electrons. The lowest BCUT2D eigenvalue weighted by Gasteiger charge is -2.33. The van der Waals surface area contributed by atoms with Crippen LogP contribution in [-0.4, -0.2) is 30.0 Å². The van der Waals surface area contributed by atoms with Gasteiger partial charge in [-0.15, -0.1) is 0 Å². The van der Waals surface area contributed by atoms with E-state index in [-0.39, 0.29) is 11.4 Å². The molecule has 0 spiro atoms. The average molecular weight is 289 g/mol. The predicted molar refractivity (Wildman–Crippen MR) is 39.2 cm³/mol. The van der Waals surface area contributed by atoms with Crippen molar-refractivity contribution in [2.75, 3.05) is 0 Å². The summed E-state index contributed by atoms with van der Waals surface area (Å²) < 4.78 is 109. The molecule has 0 atom stereocenters.